The Kier molecular flexibility index (Phi) is 2.93. The third kappa shape index (κ3) is 2.49. The molecule has 2 heterocycles. The minimum atomic E-state index is 0.949. The third-order valence-corrected chi connectivity index (χ3v) is 3.03. The summed E-state index contributed by atoms with van der Waals surface area (Å²) < 4.78 is 0. The molecule has 0 saturated carbocycles. The Hall–Kier alpha value is -0.450. The van der Waals surface area contributed by atoms with Crippen LogP contribution in [0.3, 0.4) is 0 Å². The number of aryl methyl sites for hydroxylation is 1. The predicted molar refractivity (Wildman–Crippen MR) is 54.5 cm³/mol. The highest BCUT2D eigenvalue weighted by atomic mass is 32.1. The number of thiazole rings is 1. The van der Waals surface area contributed by atoms with Crippen LogP contribution in [0.4, 0.5) is 0 Å². The number of nitrogens with one attached hydrogen (secondary N) is 1. The van der Waals surface area contributed by atoms with Gasteiger partial charge < -0.3 is 0 Å². The fourth-order valence-corrected chi connectivity index (χ4v) is 2.16. The van der Waals surface area contributed by atoms with Crippen molar-refractivity contribution in [2.75, 3.05) is 13.1 Å². The summed E-state index contributed by atoms with van der Waals surface area (Å²) in [5, 5.41) is 5.57. The molecular formula is C9H15N3S. The maximum Gasteiger partial charge on any atom is 0.0897 e. The van der Waals surface area contributed by atoms with Gasteiger partial charge in [0.15, 0.2) is 0 Å². The summed E-state index contributed by atoms with van der Waals surface area (Å²) in [6, 6.07) is 0. The van der Waals surface area contributed by atoms with Crippen LogP contribution >= 0.6 is 11.3 Å². The molecule has 1 aromatic heterocycles. The molecule has 1 aromatic rings. The lowest BCUT2D eigenvalue weighted by atomic mass is 10.2. The Labute approximate surface area is 82.8 Å². The van der Waals surface area contributed by atoms with E-state index in [1.807, 2.05) is 0 Å². The van der Waals surface area contributed by atoms with E-state index in [-0.39, 0.29) is 0 Å². The van der Waals surface area contributed by atoms with Gasteiger partial charge in [0.1, 0.15) is 0 Å². The Bertz CT molecular complexity index is 266. The molecule has 0 amide bonds. The Morgan fingerprint density at radius 1 is 1.62 bits per heavy atom. The first kappa shape index (κ1) is 9.12. The Morgan fingerprint density at radius 3 is 3.15 bits per heavy atom. The number of hydrogen-bond donors (Lipinski definition) is 1. The van der Waals surface area contributed by atoms with Gasteiger partial charge in [-0.2, -0.15) is 0 Å². The molecule has 1 saturated heterocycles. The first-order valence-electron chi connectivity index (χ1n) is 4.74. The molecule has 1 fully saturated rings. The van der Waals surface area contributed by atoms with Gasteiger partial charge in [-0.05, 0) is 19.8 Å². The zero-order chi connectivity index (χ0) is 9.10. The minimum absolute atomic E-state index is 0.949. The van der Waals surface area contributed by atoms with Crippen molar-refractivity contribution in [1.82, 2.24) is 15.4 Å². The van der Waals surface area contributed by atoms with Crippen LogP contribution in [0.1, 0.15) is 23.5 Å². The van der Waals surface area contributed by atoms with Gasteiger partial charge in [0.25, 0.3) is 0 Å². The van der Waals surface area contributed by atoms with Crippen LogP contribution in [0.15, 0.2) is 5.38 Å². The molecule has 0 spiro atoms. The average molecular weight is 197 g/mol. The second kappa shape index (κ2) is 4.17. The lowest BCUT2D eigenvalue weighted by molar-refractivity contribution is 0.143. The van der Waals surface area contributed by atoms with Gasteiger partial charge >= 0.3 is 0 Å². The van der Waals surface area contributed by atoms with Gasteiger partial charge in [0, 0.05) is 18.5 Å². The first-order chi connectivity index (χ1) is 6.34. The summed E-state index contributed by atoms with van der Waals surface area (Å²) in [6.07, 6.45) is 2.60. The molecule has 13 heavy (non-hydrogen) atoms. The highest BCUT2D eigenvalue weighted by Crippen LogP contribution is 2.11. The van der Waals surface area contributed by atoms with E-state index in [4.69, 9.17) is 0 Å². The normalized spacial score (nSPS) is 19.2. The molecule has 0 aliphatic carbocycles. The standard InChI is InChI=1S/C9H15N3S/c1-8-11-9(7-13-8)6-12-5-3-2-4-10-12/h7,10H,2-6H2,1H3. The van der Waals surface area contributed by atoms with Crippen molar-refractivity contribution in [1.29, 1.82) is 0 Å². The van der Waals surface area contributed by atoms with Crippen molar-refractivity contribution in [3.63, 3.8) is 0 Å². The van der Waals surface area contributed by atoms with Crippen molar-refractivity contribution in [3.8, 4) is 0 Å². The van der Waals surface area contributed by atoms with Crippen molar-refractivity contribution in [2.45, 2.75) is 26.3 Å². The van der Waals surface area contributed by atoms with E-state index >= 15 is 0 Å². The van der Waals surface area contributed by atoms with E-state index in [1.54, 1.807) is 11.3 Å². The van der Waals surface area contributed by atoms with Crippen LogP contribution in [-0.4, -0.2) is 23.1 Å². The fourth-order valence-electron chi connectivity index (χ4n) is 1.56. The van der Waals surface area contributed by atoms with E-state index in [2.05, 4.69) is 27.7 Å². The summed E-state index contributed by atoms with van der Waals surface area (Å²) in [7, 11) is 0. The molecule has 4 heteroatoms. The molecule has 72 valence electrons. The third-order valence-electron chi connectivity index (χ3n) is 2.21. The fraction of sp³-hybridized carbons (Fsp3) is 0.667. The van der Waals surface area contributed by atoms with E-state index < -0.39 is 0 Å². The minimum Gasteiger partial charge on any atom is -0.255 e. The van der Waals surface area contributed by atoms with Crippen LogP contribution in [-0.2, 0) is 6.54 Å². The van der Waals surface area contributed by atoms with Crippen LogP contribution in [0.5, 0.6) is 0 Å². The predicted octanol–water partition coefficient (Wildman–Crippen LogP) is 1.55. The number of hydrazine groups is 1. The van der Waals surface area contributed by atoms with Crippen molar-refractivity contribution in [3.05, 3.63) is 16.1 Å². The summed E-state index contributed by atoms with van der Waals surface area (Å²) in [5.74, 6) is 0. The molecule has 1 N–H and O–H groups in total. The van der Waals surface area contributed by atoms with E-state index in [1.165, 1.54) is 18.5 Å². The lowest BCUT2D eigenvalue weighted by Crippen LogP contribution is -2.42. The molecule has 3 nitrogen and oxygen atoms in total. The van der Waals surface area contributed by atoms with Crippen LogP contribution in [0.2, 0.25) is 0 Å². The summed E-state index contributed by atoms with van der Waals surface area (Å²) in [5.41, 5.74) is 4.57. The Morgan fingerprint density at radius 2 is 2.54 bits per heavy atom. The summed E-state index contributed by atoms with van der Waals surface area (Å²) >= 11 is 1.73. The first-order valence-corrected chi connectivity index (χ1v) is 5.62. The zero-order valence-electron chi connectivity index (χ0n) is 7.92. The summed E-state index contributed by atoms with van der Waals surface area (Å²) in [6.45, 7) is 5.27. The van der Waals surface area contributed by atoms with Gasteiger partial charge in [-0.15, -0.1) is 11.3 Å². The van der Waals surface area contributed by atoms with Crippen molar-refractivity contribution < 1.29 is 0 Å². The second-order valence-electron chi connectivity index (χ2n) is 3.39. The molecule has 0 atom stereocenters. The van der Waals surface area contributed by atoms with Gasteiger partial charge in [0.05, 0.1) is 17.2 Å². The smallest absolute Gasteiger partial charge is 0.0897 e. The molecule has 2 rings (SSSR count). The van der Waals surface area contributed by atoms with Gasteiger partial charge in [-0.25, -0.2) is 9.99 Å². The largest absolute Gasteiger partial charge is 0.255 e. The monoisotopic (exact) mass is 197 g/mol. The SMILES string of the molecule is Cc1nc(CN2CCCCN2)cs1. The van der Waals surface area contributed by atoms with Crippen LogP contribution in [0.25, 0.3) is 0 Å². The molecule has 0 aromatic carbocycles. The molecular weight excluding hydrogens is 182 g/mol. The maximum atomic E-state index is 4.44. The van der Waals surface area contributed by atoms with Crippen LogP contribution < -0.4 is 5.43 Å². The highest BCUT2D eigenvalue weighted by Gasteiger charge is 2.10. The highest BCUT2D eigenvalue weighted by molar-refractivity contribution is 7.09. The number of aromatic nitrogens is 1. The average Bonchev–Trinajstić information content (AvgIpc) is 2.53. The second-order valence-corrected chi connectivity index (χ2v) is 4.46. The van der Waals surface area contributed by atoms with Crippen LogP contribution in [0, 0.1) is 6.92 Å². The van der Waals surface area contributed by atoms with E-state index in [0.29, 0.717) is 0 Å². The van der Waals surface area contributed by atoms with Gasteiger partial charge in [0.2, 0.25) is 0 Å². The lowest BCUT2D eigenvalue weighted by Gasteiger charge is -2.26. The maximum absolute atomic E-state index is 4.44. The Balaban J connectivity index is 1.89. The van der Waals surface area contributed by atoms with Gasteiger partial charge in [-0.1, -0.05) is 0 Å². The number of nitrogens with zero attached hydrogens (tertiary/aromatic N) is 2. The van der Waals surface area contributed by atoms with Crippen molar-refractivity contribution in [2.24, 2.45) is 0 Å². The number of rotatable bonds is 2. The molecule has 0 radical (unpaired) electrons. The molecule has 1 aliphatic heterocycles. The topological polar surface area (TPSA) is 28.2 Å². The molecule has 0 bridgehead atoms. The molecule has 1 aliphatic rings. The van der Waals surface area contributed by atoms with Gasteiger partial charge in [-0.3, -0.25) is 5.43 Å². The van der Waals surface area contributed by atoms with E-state index in [9.17, 15) is 0 Å². The van der Waals surface area contributed by atoms with Crippen molar-refractivity contribution >= 4 is 11.3 Å². The number of hydrogen-bond acceptors (Lipinski definition) is 4. The zero-order valence-corrected chi connectivity index (χ0v) is 8.73. The van der Waals surface area contributed by atoms with E-state index in [0.717, 1.165) is 24.6 Å². The quantitative estimate of drug-likeness (QED) is 0.779. The molecule has 0 unspecified atom stereocenters. The summed E-state index contributed by atoms with van der Waals surface area (Å²) in [4.78, 5) is 4.44.